The Morgan fingerprint density at radius 2 is 1.71 bits per heavy atom. The minimum absolute atomic E-state index is 0.0875. The summed E-state index contributed by atoms with van der Waals surface area (Å²) in [6.45, 7) is 5.46. The third-order valence-corrected chi connectivity index (χ3v) is 6.35. The summed E-state index contributed by atoms with van der Waals surface area (Å²) in [5, 5.41) is 11.8. The molecular formula is C25H23F3N2O4. The van der Waals surface area contributed by atoms with Crippen molar-refractivity contribution < 1.29 is 27.7 Å². The SMILES string of the molecule is Cc1ccc(N2C(=O)CC(c3ccc(C(F)(F)F)cc3)C3=C2CC(C)(C)CC3=O)c([N+](=O)[O-])c1. The molecule has 4 rings (SSSR count). The molecule has 0 saturated carbocycles. The van der Waals surface area contributed by atoms with Gasteiger partial charge in [-0.2, -0.15) is 13.2 Å². The van der Waals surface area contributed by atoms with Gasteiger partial charge in [0, 0.05) is 36.1 Å². The molecule has 1 aliphatic heterocycles. The van der Waals surface area contributed by atoms with E-state index in [4.69, 9.17) is 0 Å². The number of rotatable bonds is 3. The van der Waals surface area contributed by atoms with E-state index >= 15 is 0 Å². The zero-order valence-corrected chi connectivity index (χ0v) is 18.9. The molecule has 0 radical (unpaired) electrons. The van der Waals surface area contributed by atoms with Crippen molar-refractivity contribution in [2.45, 2.75) is 52.1 Å². The van der Waals surface area contributed by atoms with Crippen LogP contribution in [0.2, 0.25) is 0 Å². The molecule has 1 atom stereocenters. The van der Waals surface area contributed by atoms with Crippen LogP contribution in [-0.4, -0.2) is 16.6 Å². The molecule has 2 aromatic rings. The molecule has 2 aromatic carbocycles. The summed E-state index contributed by atoms with van der Waals surface area (Å²) < 4.78 is 39.1. The Labute approximate surface area is 194 Å². The molecule has 0 aromatic heterocycles. The zero-order valence-electron chi connectivity index (χ0n) is 18.9. The number of hydrogen-bond acceptors (Lipinski definition) is 4. The van der Waals surface area contributed by atoms with E-state index in [0.29, 0.717) is 28.8 Å². The maximum absolute atomic E-state index is 13.4. The summed E-state index contributed by atoms with van der Waals surface area (Å²) in [7, 11) is 0. The van der Waals surface area contributed by atoms with Gasteiger partial charge < -0.3 is 0 Å². The number of hydrogen-bond donors (Lipinski definition) is 0. The van der Waals surface area contributed by atoms with Crippen molar-refractivity contribution in [3.8, 4) is 0 Å². The van der Waals surface area contributed by atoms with Crippen LogP contribution in [0.15, 0.2) is 53.7 Å². The summed E-state index contributed by atoms with van der Waals surface area (Å²) in [5.41, 5.74) is 0.337. The number of nitrogens with zero attached hydrogens (tertiary/aromatic N) is 2. The van der Waals surface area contributed by atoms with Gasteiger partial charge in [0.25, 0.3) is 5.69 Å². The fraction of sp³-hybridized carbons (Fsp3) is 0.360. The number of amides is 1. The average Bonchev–Trinajstić information content (AvgIpc) is 2.72. The minimum Gasteiger partial charge on any atom is -0.294 e. The van der Waals surface area contributed by atoms with Gasteiger partial charge >= 0.3 is 6.18 Å². The summed E-state index contributed by atoms with van der Waals surface area (Å²) in [4.78, 5) is 39.2. The van der Waals surface area contributed by atoms with Gasteiger partial charge in [0.05, 0.1) is 10.5 Å². The fourth-order valence-electron chi connectivity index (χ4n) is 4.85. The molecule has 6 nitrogen and oxygen atoms in total. The highest BCUT2D eigenvalue weighted by atomic mass is 19.4. The second-order valence-electron chi connectivity index (χ2n) is 9.66. The molecule has 178 valence electrons. The highest BCUT2D eigenvalue weighted by Gasteiger charge is 2.45. The van der Waals surface area contributed by atoms with Crippen LogP contribution in [0.25, 0.3) is 0 Å². The molecule has 1 unspecified atom stereocenters. The van der Waals surface area contributed by atoms with Crippen molar-refractivity contribution in [1.29, 1.82) is 0 Å². The third-order valence-electron chi connectivity index (χ3n) is 6.35. The number of nitro groups is 1. The largest absolute Gasteiger partial charge is 0.416 e. The Morgan fingerprint density at radius 3 is 2.29 bits per heavy atom. The lowest BCUT2D eigenvalue weighted by atomic mass is 9.69. The average molecular weight is 472 g/mol. The number of ketones is 1. The first-order valence-corrected chi connectivity index (χ1v) is 10.8. The molecule has 1 heterocycles. The molecule has 0 spiro atoms. The van der Waals surface area contributed by atoms with Crippen LogP contribution in [0.4, 0.5) is 24.5 Å². The number of allylic oxidation sites excluding steroid dienone is 2. The predicted octanol–water partition coefficient (Wildman–Crippen LogP) is 6.09. The van der Waals surface area contributed by atoms with E-state index in [0.717, 1.165) is 12.1 Å². The minimum atomic E-state index is -4.50. The third kappa shape index (κ3) is 4.22. The molecular weight excluding hydrogens is 449 g/mol. The number of anilines is 1. The van der Waals surface area contributed by atoms with Crippen LogP contribution < -0.4 is 4.90 Å². The summed E-state index contributed by atoms with van der Waals surface area (Å²) in [5.74, 6) is -1.36. The van der Waals surface area contributed by atoms with Crippen LogP contribution in [0.5, 0.6) is 0 Å². The molecule has 1 amide bonds. The first kappa shape index (κ1) is 23.7. The van der Waals surface area contributed by atoms with E-state index in [2.05, 4.69) is 0 Å². The van der Waals surface area contributed by atoms with E-state index in [1.54, 1.807) is 13.0 Å². The number of aryl methyl sites for hydroxylation is 1. The number of nitro benzene ring substituents is 1. The number of alkyl halides is 3. The number of carbonyl (C=O) groups excluding carboxylic acids is 2. The topological polar surface area (TPSA) is 80.5 Å². The van der Waals surface area contributed by atoms with E-state index in [1.165, 1.54) is 29.2 Å². The lowest BCUT2D eigenvalue weighted by Crippen LogP contribution is -2.44. The monoisotopic (exact) mass is 472 g/mol. The van der Waals surface area contributed by atoms with Crippen LogP contribution >= 0.6 is 0 Å². The molecule has 1 aliphatic carbocycles. The summed E-state index contributed by atoms with van der Waals surface area (Å²) in [6, 6.07) is 9.00. The van der Waals surface area contributed by atoms with Crippen LogP contribution in [0, 0.1) is 22.5 Å². The fourth-order valence-corrected chi connectivity index (χ4v) is 4.85. The number of halogens is 3. The van der Waals surface area contributed by atoms with E-state index < -0.39 is 33.9 Å². The van der Waals surface area contributed by atoms with Gasteiger partial charge in [0.1, 0.15) is 5.69 Å². The number of carbonyl (C=O) groups is 2. The second-order valence-corrected chi connectivity index (χ2v) is 9.66. The second kappa shape index (κ2) is 8.07. The van der Waals surface area contributed by atoms with Crippen LogP contribution in [0.3, 0.4) is 0 Å². The predicted molar refractivity (Wildman–Crippen MR) is 119 cm³/mol. The van der Waals surface area contributed by atoms with Gasteiger partial charge in [-0.15, -0.1) is 0 Å². The highest BCUT2D eigenvalue weighted by molar-refractivity contribution is 6.08. The maximum atomic E-state index is 13.4. The van der Waals surface area contributed by atoms with E-state index in [-0.39, 0.29) is 30.0 Å². The van der Waals surface area contributed by atoms with E-state index in [1.807, 2.05) is 13.8 Å². The van der Waals surface area contributed by atoms with Gasteiger partial charge in [-0.25, -0.2) is 0 Å². The van der Waals surface area contributed by atoms with Gasteiger partial charge in [-0.1, -0.05) is 32.0 Å². The van der Waals surface area contributed by atoms with Crippen molar-refractivity contribution in [1.82, 2.24) is 0 Å². The molecule has 2 aliphatic rings. The Morgan fingerprint density at radius 1 is 1.06 bits per heavy atom. The smallest absolute Gasteiger partial charge is 0.294 e. The van der Waals surface area contributed by atoms with Crippen LogP contribution in [0.1, 0.15) is 55.7 Å². The molecule has 0 N–H and O–H groups in total. The molecule has 0 fully saturated rings. The van der Waals surface area contributed by atoms with Crippen molar-refractivity contribution in [3.05, 3.63) is 80.5 Å². The normalized spacial score (nSPS) is 20.4. The number of Topliss-reactive ketones (excluding diaryl/α,β-unsaturated/α-hetero) is 1. The molecule has 0 saturated heterocycles. The van der Waals surface area contributed by atoms with Gasteiger partial charge in [-0.3, -0.25) is 24.6 Å². The highest BCUT2D eigenvalue weighted by Crippen LogP contribution is 2.49. The first-order chi connectivity index (χ1) is 15.8. The van der Waals surface area contributed by atoms with Gasteiger partial charge in [0.2, 0.25) is 5.91 Å². The molecule has 0 bridgehead atoms. The lowest BCUT2D eigenvalue weighted by Gasteiger charge is -2.42. The van der Waals surface area contributed by atoms with Crippen LogP contribution in [-0.2, 0) is 15.8 Å². The quantitative estimate of drug-likeness (QED) is 0.400. The lowest BCUT2D eigenvalue weighted by molar-refractivity contribution is -0.384. The Kier molecular flexibility index (Phi) is 5.62. The van der Waals surface area contributed by atoms with Gasteiger partial charge in [0.15, 0.2) is 5.78 Å². The Bertz CT molecular complexity index is 1230. The Hall–Kier alpha value is -3.49. The molecule has 34 heavy (non-hydrogen) atoms. The maximum Gasteiger partial charge on any atom is 0.416 e. The van der Waals surface area contributed by atoms with Crippen molar-refractivity contribution >= 4 is 23.1 Å². The van der Waals surface area contributed by atoms with E-state index in [9.17, 15) is 32.9 Å². The standard InChI is InChI=1S/C25H23F3N2O4/c1-14-4-9-18(19(10-14)30(33)34)29-20-12-24(2,3)13-21(31)23(20)17(11-22(29)32)15-5-7-16(8-6-15)25(26,27)28/h4-10,17H,11-13H2,1-3H3. The van der Waals surface area contributed by atoms with Gasteiger partial charge in [-0.05, 0) is 48.1 Å². The number of benzene rings is 2. The van der Waals surface area contributed by atoms with Crippen molar-refractivity contribution in [2.75, 3.05) is 4.90 Å². The molecule has 9 heteroatoms. The summed E-state index contributed by atoms with van der Waals surface area (Å²) in [6.07, 6.45) is -4.15. The first-order valence-electron chi connectivity index (χ1n) is 10.8. The Balaban J connectivity index is 1.90. The van der Waals surface area contributed by atoms with Crippen molar-refractivity contribution in [2.24, 2.45) is 5.41 Å². The summed E-state index contributed by atoms with van der Waals surface area (Å²) >= 11 is 0. The van der Waals surface area contributed by atoms with Crippen molar-refractivity contribution in [3.63, 3.8) is 0 Å². The zero-order chi connectivity index (χ0) is 25.0.